The lowest BCUT2D eigenvalue weighted by Crippen LogP contribution is -3.00. The van der Waals surface area contributed by atoms with E-state index in [0.29, 0.717) is 5.56 Å². The molecule has 2 rings (SSSR count). The van der Waals surface area contributed by atoms with Gasteiger partial charge < -0.3 is 12.4 Å². The molecule has 0 saturated carbocycles. The molecule has 2 aromatic rings. The number of aromatic nitrogens is 1. The molecule has 1 heterocycles. The largest absolute Gasteiger partial charge is 1.00 e. The Bertz CT molecular complexity index is 555. The van der Waals surface area contributed by atoms with Crippen molar-refractivity contribution >= 4 is 27.9 Å². The Morgan fingerprint density at radius 1 is 1.11 bits per heavy atom. The number of rotatable bonds is 3. The first-order chi connectivity index (χ1) is 8.25. The van der Waals surface area contributed by atoms with Crippen molar-refractivity contribution in [1.82, 2.24) is 0 Å². The Labute approximate surface area is 121 Å². The molecule has 0 amide bonds. The lowest BCUT2D eigenvalue weighted by Gasteiger charge is -1.95. The number of benzene rings is 1. The normalized spacial score (nSPS) is 10.1. The number of pyridine rings is 1. The van der Waals surface area contributed by atoms with Crippen LogP contribution in [0, 0.1) is 0 Å². The second kappa shape index (κ2) is 7.09. The van der Waals surface area contributed by atoms with Crippen LogP contribution in [-0.4, -0.2) is 5.78 Å². The zero-order valence-corrected chi connectivity index (χ0v) is 11.8. The monoisotopic (exact) mass is 323 g/mol. The molecule has 0 fully saturated rings. The summed E-state index contributed by atoms with van der Waals surface area (Å²) >= 11 is 3.34. The zero-order chi connectivity index (χ0) is 12.1. The first kappa shape index (κ1) is 14.6. The van der Waals surface area contributed by atoms with Crippen LogP contribution < -0.4 is 17.0 Å². The zero-order valence-electron chi connectivity index (χ0n) is 9.46. The highest BCUT2D eigenvalue weighted by molar-refractivity contribution is 9.10. The van der Waals surface area contributed by atoms with Gasteiger partial charge in [-0.15, -0.1) is 0 Å². The van der Waals surface area contributed by atoms with E-state index in [2.05, 4.69) is 15.9 Å². The number of carbonyl (C=O) groups excluding carboxylic acids is 1. The van der Waals surface area contributed by atoms with Gasteiger partial charge in [0, 0.05) is 22.2 Å². The van der Waals surface area contributed by atoms with Crippen LogP contribution in [0.5, 0.6) is 0 Å². The molecule has 0 aliphatic carbocycles. The summed E-state index contributed by atoms with van der Waals surface area (Å²) in [5.74, 6) is -0.0114. The Morgan fingerprint density at radius 2 is 1.83 bits per heavy atom. The van der Waals surface area contributed by atoms with Gasteiger partial charge in [-0.05, 0) is 12.1 Å². The van der Waals surface area contributed by atoms with Crippen molar-refractivity contribution in [1.29, 1.82) is 0 Å². The van der Waals surface area contributed by atoms with Crippen LogP contribution in [0.3, 0.4) is 0 Å². The molecular formula is C14H11BrClNO. The Kier molecular flexibility index (Phi) is 5.75. The molecule has 0 unspecified atom stereocenters. The topological polar surface area (TPSA) is 20.9 Å². The van der Waals surface area contributed by atoms with Gasteiger partial charge >= 0.3 is 0 Å². The van der Waals surface area contributed by atoms with E-state index in [1.807, 2.05) is 53.4 Å². The summed E-state index contributed by atoms with van der Waals surface area (Å²) in [6.45, 7) is 0. The fourth-order valence-electron chi connectivity index (χ4n) is 1.40. The SMILES string of the molecule is O=C(C=C[n+]1ccccc1)c1cccc(Br)c1.[Cl-]. The third kappa shape index (κ3) is 4.09. The number of nitrogens with zero attached hydrogens (tertiary/aromatic N) is 1. The maximum absolute atomic E-state index is 11.8. The van der Waals surface area contributed by atoms with Gasteiger partial charge in [0.2, 0.25) is 0 Å². The Morgan fingerprint density at radius 3 is 2.50 bits per heavy atom. The van der Waals surface area contributed by atoms with Gasteiger partial charge in [0.05, 0.1) is 6.08 Å². The number of hydrogen-bond acceptors (Lipinski definition) is 1. The second-order valence-corrected chi connectivity index (χ2v) is 4.43. The predicted octanol–water partition coefficient (Wildman–Crippen LogP) is 0.0942. The average molecular weight is 325 g/mol. The van der Waals surface area contributed by atoms with Gasteiger partial charge in [0.25, 0.3) is 0 Å². The molecule has 1 aromatic heterocycles. The van der Waals surface area contributed by atoms with E-state index in [1.54, 1.807) is 18.3 Å². The molecule has 0 aliphatic rings. The molecule has 0 bridgehead atoms. The molecule has 0 aliphatic heterocycles. The minimum absolute atomic E-state index is 0. The van der Waals surface area contributed by atoms with Crippen molar-refractivity contribution in [2.45, 2.75) is 0 Å². The van der Waals surface area contributed by atoms with Gasteiger partial charge in [-0.2, -0.15) is 4.57 Å². The van der Waals surface area contributed by atoms with Gasteiger partial charge in [-0.3, -0.25) is 4.79 Å². The first-order valence-electron chi connectivity index (χ1n) is 5.19. The molecule has 0 saturated heterocycles. The molecule has 0 atom stereocenters. The summed E-state index contributed by atoms with van der Waals surface area (Å²) in [6.07, 6.45) is 7.06. The minimum atomic E-state index is -0.0114. The standard InChI is InChI=1S/C14H11BrNO.ClH/c15-13-6-4-5-12(11-13)14(17)7-10-16-8-2-1-3-9-16;/h1-11H;1H/q+1;/p-1. The van der Waals surface area contributed by atoms with Crippen LogP contribution in [0.2, 0.25) is 0 Å². The van der Waals surface area contributed by atoms with Crippen molar-refractivity contribution in [3.8, 4) is 0 Å². The highest BCUT2D eigenvalue weighted by Gasteiger charge is 2.03. The molecule has 18 heavy (non-hydrogen) atoms. The maximum Gasteiger partial charge on any atom is 0.191 e. The third-order valence-electron chi connectivity index (χ3n) is 2.25. The van der Waals surface area contributed by atoms with Gasteiger partial charge in [-0.25, -0.2) is 0 Å². The van der Waals surface area contributed by atoms with Crippen LogP contribution in [0.1, 0.15) is 10.4 Å². The second-order valence-electron chi connectivity index (χ2n) is 3.51. The smallest absolute Gasteiger partial charge is 0.191 e. The summed E-state index contributed by atoms with van der Waals surface area (Å²) in [6, 6.07) is 13.1. The van der Waals surface area contributed by atoms with Crippen molar-refractivity contribution in [2.75, 3.05) is 0 Å². The maximum atomic E-state index is 11.8. The van der Waals surface area contributed by atoms with E-state index in [4.69, 9.17) is 0 Å². The van der Waals surface area contributed by atoms with Gasteiger partial charge in [0.1, 0.15) is 0 Å². The van der Waals surface area contributed by atoms with E-state index in [0.717, 1.165) is 4.47 Å². The number of hydrogen-bond donors (Lipinski definition) is 0. The van der Waals surface area contributed by atoms with Gasteiger partial charge in [0.15, 0.2) is 24.4 Å². The van der Waals surface area contributed by atoms with Crippen LogP contribution in [0.15, 0.2) is 65.4 Å². The van der Waals surface area contributed by atoms with Crippen molar-refractivity contribution in [3.63, 3.8) is 0 Å². The average Bonchev–Trinajstić information content (AvgIpc) is 2.37. The number of allylic oxidation sites excluding steroid dienone is 1. The van der Waals surface area contributed by atoms with E-state index in [-0.39, 0.29) is 18.2 Å². The van der Waals surface area contributed by atoms with Gasteiger partial charge in [-0.1, -0.05) is 34.1 Å². The molecule has 2 nitrogen and oxygen atoms in total. The van der Waals surface area contributed by atoms with Crippen molar-refractivity contribution in [3.05, 3.63) is 71.0 Å². The van der Waals surface area contributed by atoms with E-state index in [1.165, 1.54) is 0 Å². The van der Waals surface area contributed by atoms with Crippen molar-refractivity contribution < 1.29 is 21.8 Å². The van der Waals surface area contributed by atoms with Crippen LogP contribution in [0.4, 0.5) is 0 Å². The lowest BCUT2D eigenvalue weighted by molar-refractivity contribution is -0.568. The first-order valence-corrected chi connectivity index (χ1v) is 5.99. The molecule has 92 valence electrons. The van der Waals surface area contributed by atoms with E-state index < -0.39 is 0 Å². The molecule has 1 aromatic carbocycles. The molecule has 0 N–H and O–H groups in total. The summed E-state index contributed by atoms with van der Waals surface area (Å²) < 4.78 is 2.74. The predicted molar refractivity (Wildman–Crippen MR) is 70.4 cm³/mol. The summed E-state index contributed by atoms with van der Waals surface area (Å²) in [5.41, 5.74) is 0.673. The highest BCUT2D eigenvalue weighted by Crippen LogP contribution is 2.12. The lowest BCUT2D eigenvalue weighted by atomic mass is 10.1. The van der Waals surface area contributed by atoms with E-state index >= 15 is 0 Å². The fraction of sp³-hybridized carbons (Fsp3) is 0. The van der Waals surface area contributed by atoms with Crippen molar-refractivity contribution in [2.24, 2.45) is 0 Å². The molecule has 4 heteroatoms. The van der Waals surface area contributed by atoms with Crippen LogP contribution >= 0.6 is 15.9 Å². The minimum Gasteiger partial charge on any atom is -1.00 e. The number of ketones is 1. The van der Waals surface area contributed by atoms with E-state index in [9.17, 15) is 4.79 Å². The molecular weight excluding hydrogens is 314 g/mol. The highest BCUT2D eigenvalue weighted by atomic mass is 79.9. The number of carbonyl (C=O) groups is 1. The fourth-order valence-corrected chi connectivity index (χ4v) is 1.80. The number of halogens is 2. The van der Waals surface area contributed by atoms with Crippen LogP contribution in [-0.2, 0) is 0 Å². The Balaban J connectivity index is 0.00000162. The third-order valence-corrected chi connectivity index (χ3v) is 2.74. The quantitative estimate of drug-likeness (QED) is 0.445. The van der Waals surface area contributed by atoms with Crippen LogP contribution in [0.25, 0.3) is 6.20 Å². The summed E-state index contributed by atoms with van der Waals surface area (Å²) in [5, 5.41) is 0. The summed E-state index contributed by atoms with van der Waals surface area (Å²) in [4.78, 5) is 11.8. The molecule has 0 radical (unpaired) electrons. The summed E-state index contributed by atoms with van der Waals surface area (Å²) in [7, 11) is 0. The Hall–Kier alpha value is -1.45. The molecule has 0 spiro atoms.